The van der Waals surface area contributed by atoms with Crippen molar-refractivity contribution in [3.63, 3.8) is 0 Å². The number of hydrogen-bond acceptors (Lipinski definition) is 3. The predicted octanol–water partition coefficient (Wildman–Crippen LogP) is 16.2. The summed E-state index contributed by atoms with van der Waals surface area (Å²) in [4.78, 5) is 2.51. The number of para-hydroxylation sites is 1. The van der Waals surface area contributed by atoms with Crippen LogP contribution in [0, 0.1) is 0 Å². The molecule has 3 heteroatoms. The van der Waals surface area contributed by atoms with Gasteiger partial charge in [0.05, 0.1) is 11.4 Å². The van der Waals surface area contributed by atoms with Gasteiger partial charge in [-0.25, -0.2) is 0 Å². The summed E-state index contributed by atoms with van der Waals surface area (Å²) in [5.41, 5.74) is 15.2. The molecule has 2 heterocycles. The van der Waals surface area contributed by atoms with E-state index in [4.69, 9.17) is 4.42 Å². The molecule has 2 nitrogen and oxygen atoms in total. The Morgan fingerprint density at radius 1 is 0.466 bits per heavy atom. The van der Waals surface area contributed by atoms with Crippen molar-refractivity contribution in [2.24, 2.45) is 0 Å². The third kappa shape index (κ3) is 4.77. The van der Waals surface area contributed by atoms with E-state index in [-0.39, 0.29) is 5.41 Å². The Morgan fingerprint density at radius 2 is 1.14 bits per heavy atom. The third-order valence-electron chi connectivity index (χ3n) is 12.5. The minimum Gasteiger partial charge on any atom is -0.455 e. The molecule has 12 rings (SSSR count). The molecule has 0 radical (unpaired) electrons. The summed E-state index contributed by atoms with van der Waals surface area (Å²) >= 11 is 1.86. The summed E-state index contributed by atoms with van der Waals surface area (Å²) in [6.45, 7) is 4.72. The molecular formula is C55H37NOS. The molecule has 0 fully saturated rings. The van der Waals surface area contributed by atoms with Gasteiger partial charge in [-0.15, -0.1) is 11.3 Å². The maximum absolute atomic E-state index is 6.66. The van der Waals surface area contributed by atoms with Crippen molar-refractivity contribution in [2.75, 3.05) is 4.90 Å². The molecule has 1 aliphatic rings. The predicted molar refractivity (Wildman–Crippen MR) is 247 cm³/mol. The molecule has 0 saturated carbocycles. The van der Waals surface area contributed by atoms with Crippen molar-refractivity contribution in [1.29, 1.82) is 0 Å². The first kappa shape index (κ1) is 33.2. The molecule has 0 aliphatic heterocycles. The van der Waals surface area contributed by atoms with Gasteiger partial charge in [-0.3, -0.25) is 0 Å². The van der Waals surface area contributed by atoms with Gasteiger partial charge in [0.2, 0.25) is 0 Å². The SMILES string of the molecule is CC1(C)c2ccccc2-c2c(-c3ccccc3N(c3cccc(-c4cccc5oc6c7ccccc7ccc6c45)c3)c3cccc4sc5ccccc5c34)cccc21. The highest BCUT2D eigenvalue weighted by Crippen LogP contribution is 2.55. The monoisotopic (exact) mass is 759 g/mol. The maximum atomic E-state index is 6.66. The highest BCUT2D eigenvalue weighted by molar-refractivity contribution is 7.26. The topological polar surface area (TPSA) is 16.4 Å². The highest BCUT2D eigenvalue weighted by Gasteiger charge is 2.37. The number of thiophene rings is 1. The molecule has 0 amide bonds. The van der Waals surface area contributed by atoms with Crippen molar-refractivity contribution in [1.82, 2.24) is 0 Å². The number of hydrogen-bond donors (Lipinski definition) is 0. The van der Waals surface area contributed by atoms with Crippen LogP contribution in [-0.4, -0.2) is 0 Å². The van der Waals surface area contributed by atoms with Gasteiger partial charge in [-0.1, -0.05) is 153 Å². The number of nitrogens with zero attached hydrogens (tertiary/aromatic N) is 1. The summed E-state index contributed by atoms with van der Waals surface area (Å²) < 4.78 is 9.22. The van der Waals surface area contributed by atoms with E-state index >= 15 is 0 Å². The highest BCUT2D eigenvalue weighted by atomic mass is 32.1. The third-order valence-corrected chi connectivity index (χ3v) is 13.6. The van der Waals surface area contributed by atoms with Crippen LogP contribution in [-0.2, 0) is 5.41 Å². The molecule has 0 atom stereocenters. The molecule has 0 N–H and O–H groups in total. The Hall–Kier alpha value is -6.94. The fourth-order valence-corrected chi connectivity index (χ4v) is 11.0. The van der Waals surface area contributed by atoms with Crippen LogP contribution >= 0.6 is 11.3 Å². The smallest absolute Gasteiger partial charge is 0.143 e. The van der Waals surface area contributed by atoms with E-state index in [2.05, 4.69) is 207 Å². The molecule has 1 aliphatic carbocycles. The summed E-state index contributed by atoms with van der Waals surface area (Å²) in [6, 6.07) is 68.9. The minimum atomic E-state index is -0.101. The molecule has 0 bridgehead atoms. The summed E-state index contributed by atoms with van der Waals surface area (Å²) in [5.74, 6) is 0. The Morgan fingerprint density at radius 3 is 2.07 bits per heavy atom. The van der Waals surface area contributed by atoms with Gasteiger partial charge in [-0.2, -0.15) is 0 Å². The molecule has 0 saturated heterocycles. The number of furan rings is 1. The Labute approximate surface area is 340 Å². The lowest BCUT2D eigenvalue weighted by atomic mass is 9.82. The second-order valence-electron chi connectivity index (χ2n) is 16.0. The van der Waals surface area contributed by atoms with E-state index in [1.807, 2.05) is 11.3 Å². The fourth-order valence-electron chi connectivity index (χ4n) is 9.83. The van der Waals surface area contributed by atoms with Crippen LogP contribution in [0.5, 0.6) is 0 Å². The minimum absolute atomic E-state index is 0.101. The van der Waals surface area contributed by atoms with Gasteiger partial charge in [0.1, 0.15) is 11.2 Å². The van der Waals surface area contributed by atoms with Gasteiger partial charge >= 0.3 is 0 Å². The first-order valence-electron chi connectivity index (χ1n) is 20.0. The number of fused-ring (bicyclic) bond motifs is 11. The Kier molecular flexibility index (Phi) is 7.18. The van der Waals surface area contributed by atoms with Gasteiger partial charge in [0.15, 0.2) is 0 Å². The van der Waals surface area contributed by atoms with Crippen molar-refractivity contribution >= 4 is 81.3 Å². The van der Waals surface area contributed by atoms with Crippen molar-refractivity contribution in [2.45, 2.75) is 19.3 Å². The molecule has 9 aromatic carbocycles. The maximum Gasteiger partial charge on any atom is 0.143 e. The van der Waals surface area contributed by atoms with Gasteiger partial charge in [0.25, 0.3) is 0 Å². The van der Waals surface area contributed by atoms with Crippen LogP contribution < -0.4 is 4.90 Å². The van der Waals surface area contributed by atoms with Crippen molar-refractivity contribution in [3.8, 4) is 33.4 Å². The van der Waals surface area contributed by atoms with Crippen LogP contribution in [0.3, 0.4) is 0 Å². The van der Waals surface area contributed by atoms with Crippen LogP contribution in [0.1, 0.15) is 25.0 Å². The van der Waals surface area contributed by atoms with E-state index in [1.54, 1.807) is 0 Å². The van der Waals surface area contributed by atoms with E-state index in [0.717, 1.165) is 55.5 Å². The van der Waals surface area contributed by atoms with Crippen molar-refractivity contribution < 1.29 is 4.42 Å². The normalized spacial score (nSPS) is 13.1. The first-order valence-corrected chi connectivity index (χ1v) is 20.8. The van der Waals surface area contributed by atoms with Crippen LogP contribution in [0.15, 0.2) is 192 Å². The van der Waals surface area contributed by atoms with Crippen LogP contribution in [0.25, 0.3) is 86.3 Å². The average Bonchev–Trinajstić information content (AvgIpc) is 3.93. The second kappa shape index (κ2) is 12.5. The molecule has 2 aromatic heterocycles. The zero-order valence-electron chi connectivity index (χ0n) is 32.2. The van der Waals surface area contributed by atoms with E-state index < -0.39 is 0 Å². The largest absolute Gasteiger partial charge is 0.455 e. The van der Waals surface area contributed by atoms with Gasteiger partial charge in [0, 0.05) is 53.0 Å². The fraction of sp³-hybridized carbons (Fsp3) is 0.0545. The first-order chi connectivity index (χ1) is 28.5. The van der Waals surface area contributed by atoms with Crippen LogP contribution in [0.2, 0.25) is 0 Å². The van der Waals surface area contributed by atoms with E-state index in [1.165, 1.54) is 58.9 Å². The summed E-state index contributed by atoms with van der Waals surface area (Å²) in [7, 11) is 0. The second-order valence-corrected chi connectivity index (χ2v) is 17.1. The molecule has 0 spiro atoms. The lowest BCUT2D eigenvalue weighted by Gasteiger charge is -2.30. The number of anilines is 3. The standard InChI is InChI=1S/C55H37NOS/c1-55(2)44-24-8-5-20-41(44)51-40(23-12-25-45(51)55)39-19-6-9-26-46(39)56(47-27-14-30-50-53(47)42-21-7-10-29-49(42)58-50)36-17-11-16-35(33-36)37-22-13-28-48-52(37)43-32-31-34-15-3-4-18-38(34)54(43)57-48/h3-33H,1-2H3. The molecule has 274 valence electrons. The molecule has 11 aromatic rings. The Bertz CT molecular complexity index is 3460. The zero-order chi connectivity index (χ0) is 38.5. The lowest BCUT2D eigenvalue weighted by Crippen LogP contribution is -2.15. The summed E-state index contributed by atoms with van der Waals surface area (Å²) in [6.07, 6.45) is 0. The molecule has 58 heavy (non-hydrogen) atoms. The van der Waals surface area contributed by atoms with Crippen molar-refractivity contribution in [3.05, 3.63) is 199 Å². The average molecular weight is 760 g/mol. The van der Waals surface area contributed by atoms with E-state index in [9.17, 15) is 0 Å². The summed E-state index contributed by atoms with van der Waals surface area (Å²) in [5, 5.41) is 7.12. The lowest BCUT2D eigenvalue weighted by molar-refractivity contribution is 0.660. The van der Waals surface area contributed by atoms with Gasteiger partial charge in [-0.05, 0) is 92.9 Å². The van der Waals surface area contributed by atoms with E-state index in [0.29, 0.717) is 0 Å². The molecule has 0 unspecified atom stereocenters. The van der Waals surface area contributed by atoms with Gasteiger partial charge < -0.3 is 9.32 Å². The number of benzene rings is 9. The zero-order valence-corrected chi connectivity index (χ0v) is 33.0. The number of rotatable bonds is 5. The Balaban J connectivity index is 1.13. The quantitative estimate of drug-likeness (QED) is 0.174. The molecular weight excluding hydrogens is 723 g/mol. The van der Waals surface area contributed by atoms with Crippen LogP contribution in [0.4, 0.5) is 17.1 Å².